The number of hydrogen-bond donors (Lipinski definition) is 1. The van der Waals surface area contributed by atoms with Gasteiger partial charge in [0, 0.05) is 36.5 Å². The lowest BCUT2D eigenvalue weighted by Gasteiger charge is -2.25. The van der Waals surface area contributed by atoms with Crippen LogP contribution in [0.4, 0.5) is 0 Å². The van der Waals surface area contributed by atoms with Gasteiger partial charge in [0.25, 0.3) is 0 Å². The number of carbonyl (C=O) groups is 1. The Labute approximate surface area is 175 Å². The SMILES string of the molecule is Cc1cc(C(C)(C)CNC(=O)CCc2ccc3c(c2)OCO3)nc(-n2ccnc2)n1. The molecule has 1 aliphatic rings. The van der Waals surface area contributed by atoms with Gasteiger partial charge in [-0.1, -0.05) is 19.9 Å². The number of aromatic nitrogens is 4. The Morgan fingerprint density at radius 3 is 2.83 bits per heavy atom. The molecule has 3 aromatic rings. The van der Waals surface area contributed by atoms with Gasteiger partial charge in [-0.2, -0.15) is 0 Å². The fraction of sp³-hybridized carbons (Fsp3) is 0.364. The second kappa shape index (κ2) is 8.14. The summed E-state index contributed by atoms with van der Waals surface area (Å²) in [5.74, 6) is 2.06. The first-order valence-electron chi connectivity index (χ1n) is 9.90. The minimum atomic E-state index is -0.350. The van der Waals surface area contributed by atoms with Crippen LogP contribution in [0.3, 0.4) is 0 Å². The van der Waals surface area contributed by atoms with E-state index in [-0.39, 0.29) is 18.1 Å². The van der Waals surface area contributed by atoms with Crippen molar-refractivity contribution in [3.05, 3.63) is 59.9 Å². The van der Waals surface area contributed by atoms with Crippen LogP contribution in [0.2, 0.25) is 0 Å². The van der Waals surface area contributed by atoms with Crippen LogP contribution in [0.5, 0.6) is 11.5 Å². The van der Waals surface area contributed by atoms with Crippen LogP contribution in [0.1, 0.15) is 37.2 Å². The van der Waals surface area contributed by atoms with Crippen LogP contribution in [-0.2, 0) is 16.6 Å². The van der Waals surface area contributed by atoms with Crippen LogP contribution in [0.15, 0.2) is 43.0 Å². The lowest BCUT2D eigenvalue weighted by molar-refractivity contribution is -0.121. The highest BCUT2D eigenvalue weighted by Gasteiger charge is 2.24. The third kappa shape index (κ3) is 4.42. The predicted molar refractivity (Wildman–Crippen MR) is 111 cm³/mol. The zero-order chi connectivity index (χ0) is 21.1. The Bertz CT molecular complexity index is 1050. The highest BCUT2D eigenvalue weighted by atomic mass is 16.7. The number of carbonyl (C=O) groups excluding carboxylic acids is 1. The maximum absolute atomic E-state index is 12.4. The highest BCUT2D eigenvalue weighted by Crippen LogP contribution is 2.32. The van der Waals surface area contributed by atoms with Gasteiger partial charge in [0.05, 0.1) is 5.69 Å². The molecular weight excluding hydrogens is 382 g/mol. The van der Waals surface area contributed by atoms with Crippen LogP contribution < -0.4 is 14.8 Å². The van der Waals surface area contributed by atoms with E-state index < -0.39 is 0 Å². The van der Waals surface area contributed by atoms with Gasteiger partial charge in [0.1, 0.15) is 6.33 Å². The second-order valence-corrected chi connectivity index (χ2v) is 8.01. The Kier molecular flexibility index (Phi) is 5.39. The molecule has 0 saturated heterocycles. The van der Waals surface area contributed by atoms with E-state index in [1.165, 1.54) is 0 Å². The average molecular weight is 407 g/mol. The number of hydrogen-bond acceptors (Lipinski definition) is 6. The molecule has 0 spiro atoms. The number of nitrogens with one attached hydrogen (secondary N) is 1. The quantitative estimate of drug-likeness (QED) is 0.648. The maximum atomic E-state index is 12.4. The monoisotopic (exact) mass is 407 g/mol. The molecule has 1 aliphatic heterocycles. The van der Waals surface area contributed by atoms with Gasteiger partial charge >= 0.3 is 0 Å². The van der Waals surface area contributed by atoms with Gasteiger partial charge in [-0.15, -0.1) is 0 Å². The van der Waals surface area contributed by atoms with Crippen LogP contribution >= 0.6 is 0 Å². The zero-order valence-corrected chi connectivity index (χ0v) is 17.4. The molecule has 8 heteroatoms. The van der Waals surface area contributed by atoms with E-state index in [1.54, 1.807) is 17.1 Å². The lowest BCUT2D eigenvalue weighted by atomic mass is 9.88. The van der Waals surface area contributed by atoms with E-state index in [2.05, 4.69) is 34.1 Å². The standard InChI is InChI=1S/C22H25N5O3/c1-15-10-19(26-21(25-15)27-9-8-23-13-27)22(2,3)12-24-20(28)7-5-16-4-6-17-18(11-16)30-14-29-17/h4,6,8-11,13H,5,7,12,14H2,1-3H3,(H,24,28). The van der Waals surface area contributed by atoms with Gasteiger partial charge in [-0.3, -0.25) is 9.36 Å². The first-order chi connectivity index (χ1) is 14.4. The normalized spacial score (nSPS) is 12.8. The molecule has 1 aromatic carbocycles. The van der Waals surface area contributed by atoms with Crippen LogP contribution in [0.25, 0.3) is 5.95 Å². The third-order valence-electron chi connectivity index (χ3n) is 5.08. The largest absolute Gasteiger partial charge is 0.454 e. The Morgan fingerprint density at radius 2 is 2.03 bits per heavy atom. The summed E-state index contributed by atoms with van der Waals surface area (Å²) in [6.07, 6.45) is 6.21. The first kappa shape index (κ1) is 19.9. The molecule has 3 heterocycles. The van der Waals surface area contributed by atoms with E-state index >= 15 is 0 Å². The molecule has 0 unspecified atom stereocenters. The molecule has 30 heavy (non-hydrogen) atoms. The molecular formula is C22H25N5O3. The molecule has 8 nitrogen and oxygen atoms in total. The van der Waals surface area contributed by atoms with E-state index in [9.17, 15) is 4.79 Å². The predicted octanol–water partition coefficient (Wildman–Crippen LogP) is 2.73. The molecule has 0 aliphatic carbocycles. The maximum Gasteiger partial charge on any atom is 0.235 e. The fourth-order valence-electron chi connectivity index (χ4n) is 3.25. The van der Waals surface area contributed by atoms with Crippen molar-refractivity contribution in [2.45, 2.75) is 39.0 Å². The molecule has 0 bridgehead atoms. The molecule has 4 rings (SSSR count). The van der Waals surface area contributed by atoms with E-state index in [0.717, 1.165) is 28.5 Å². The Balaban J connectivity index is 1.36. The first-order valence-corrected chi connectivity index (χ1v) is 9.90. The van der Waals surface area contributed by atoms with Crippen molar-refractivity contribution in [1.82, 2.24) is 24.8 Å². The van der Waals surface area contributed by atoms with Crippen molar-refractivity contribution >= 4 is 5.91 Å². The number of fused-ring (bicyclic) bond motifs is 1. The van der Waals surface area contributed by atoms with Crippen molar-refractivity contribution in [2.75, 3.05) is 13.3 Å². The number of benzene rings is 1. The van der Waals surface area contributed by atoms with Crippen molar-refractivity contribution < 1.29 is 14.3 Å². The zero-order valence-electron chi connectivity index (χ0n) is 17.4. The van der Waals surface area contributed by atoms with Crippen molar-refractivity contribution in [2.24, 2.45) is 0 Å². The van der Waals surface area contributed by atoms with Gasteiger partial charge in [-0.25, -0.2) is 15.0 Å². The summed E-state index contributed by atoms with van der Waals surface area (Å²) in [4.78, 5) is 25.7. The summed E-state index contributed by atoms with van der Waals surface area (Å²) in [5, 5.41) is 3.04. The number of nitrogens with zero attached hydrogens (tertiary/aromatic N) is 4. The Morgan fingerprint density at radius 1 is 1.20 bits per heavy atom. The third-order valence-corrected chi connectivity index (χ3v) is 5.08. The summed E-state index contributed by atoms with van der Waals surface area (Å²) in [6, 6.07) is 7.74. The smallest absolute Gasteiger partial charge is 0.235 e. The van der Waals surface area contributed by atoms with Gasteiger partial charge < -0.3 is 14.8 Å². The summed E-state index contributed by atoms with van der Waals surface area (Å²) in [7, 11) is 0. The van der Waals surface area contributed by atoms with E-state index in [4.69, 9.17) is 9.47 Å². The minimum absolute atomic E-state index is 0.00125. The average Bonchev–Trinajstić information content (AvgIpc) is 3.41. The van der Waals surface area contributed by atoms with E-state index in [0.29, 0.717) is 25.3 Å². The highest BCUT2D eigenvalue weighted by molar-refractivity contribution is 5.76. The van der Waals surface area contributed by atoms with Gasteiger partial charge in [-0.05, 0) is 37.1 Å². The van der Waals surface area contributed by atoms with E-state index in [1.807, 2.05) is 37.4 Å². The van der Waals surface area contributed by atoms with Crippen molar-refractivity contribution in [1.29, 1.82) is 0 Å². The summed E-state index contributed by atoms with van der Waals surface area (Å²) >= 11 is 0. The fourth-order valence-corrected chi connectivity index (χ4v) is 3.25. The molecule has 156 valence electrons. The topological polar surface area (TPSA) is 91.2 Å². The lowest BCUT2D eigenvalue weighted by Crippen LogP contribution is -2.37. The van der Waals surface area contributed by atoms with Crippen LogP contribution in [0, 0.1) is 6.92 Å². The van der Waals surface area contributed by atoms with Crippen molar-refractivity contribution in [3.8, 4) is 17.4 Å². The van der Waals surface area contributed by atoms with Gasteiger partial charge in [0.15, 0.2) is 11.5 Å². The number of imidazole rings is 1. The number of ether oxygens (including phenoxy) is 2. The van der Waals surface area contributed by atoms with Crippen LogP contribution in [-0.4, -0.2) is 38.8 Å². The number of rotatable bonds is 7. The summed E-state index contributed by atoms with van der Waals surface area (Å²) in [5.41, 5.74) is 2.43. The molecule has 1 amide bonds. The van der Waals surface area contributed by atoms with Gasteiger partial charge in [0.2, 0.25) is 18.6 Å². The molecule has 2 aromatic heterocycles. The second-order valence-electron chi connectivity index (χ2n) is 8.01. The summed E-state index contributed by atoms with van der Waals surface area (Å²) in [6.45, 7) is 6.78. The number of amides is 1. The molecule has 0 radical (unpaired) electrons. The number of aryl methyl sites for hydroxylation is 2. The molecule has 1 N–H and O–H groups in total. The summed E-state index contributed by atoms with van der Waals surface area (Å²) < 4.78 is 12.5. The molecule has 0 fully saturated rings. The van der Waals surface area contributed by atoms with Crippen molar-refractivity contribution in [3.63, 3.8) is 0 Å². The minimum Gasteiger partial charge on any atom is -0.454 e. The Hall–Kier alpha value is -3.42. The molecule has 0 atom stereocenters. The molecule has 0 saturated carbocycles.